The van der Waals surface area contributed by atoms with Crippen LogP contribution in [0, 0.1) is 0 Å². The Morgan fingerprint density at radius 3 is 0.802 bits per heavy atom. The van der Waals surface area contributed by atoms with Gasteiger partial charge in [0.15, 0.2) is 0 Å². The van der Waals surface area contributed by atoms with Crippen molar-refractivity contribution in [3.63, 3.8) is 0 Å². The Balaban J connectivity index is 0.000000130. The van der Waals surface area contributed by atoms with Crippen molar-refractivity contribution in [3.8, 4) is 57.2 Å². The van der Waals surface area contributed by atoms with Crippen LogP contribution < -0.4 is 15.1 Å². The van der Waals surface area contributed by atoms with Crippen LogP contribution in [0.3, 0.4) is 0 Å². The van der Waals surface area contributed by atoms with Crippen molar-refractivity contribution >= 4 is 89.6 Å². The number of carboxylic acid groups (broad SMARTS) is 4. The number of aromatic nitrogens is 12. The average molecular weight is 1430 g/mol. The van der Waals surface area contributed by atoms with E-state index in [2.05, 4.69) is 108 Å². The van der Waals surface area contributed by atoms with Crippen molar-refractivity contribution < 1.29 is 78.6 Å². The van der Waals surface area contributed by atoms with Gasteiger partial charge in [-0.3, -0.25) is 19.9 Å². The molecule has 0 aliphatic rings. The van der Waals surface area contributed by atoms with E-state index in [1.807, 2.05) is 146 Å². The van der Waals surface area contributed by atoms with Crippen LogP contribution in [-0.2, 0) is 39.0 Å². The Morgan fingerprint density at radius 1 is 0.281 bits per heavy atom. The van der Waals surface area contributed by atoms with Crippen LogP contribution >= 0.6 is 0 Å². The Hall–Kier alpha value is -12.4. The summed E-state index contributed by atoms with van der Waals surface area (Å²) in [6.45, 7) is 0. The number of carbonyl (C=O) groups excluding carboxylic acids is 1. The van der Waals surface area contributed by atoms with Gasteiger partial charge in [0, 0.05) is 51.9 Å². The van der Waals surface area contributed by atoms with Crippen molar-refractivity contribution in [2.75, 3.05) is 0 Å². The number of imidazole rings is 2. The Kier molecular flexibility index (Phi) is 21.4. The first-order chi connectivity index (χ1) is 45.8. The third kappa shape index (κ3) is 16.1. The maximum absolute atomic E-state index is 10.8. The van der Waals surface area contributed by atoms with Gasteiger partial charge in [-0.15, -0.1) is 0 Å². The van der Waals surface area contributed by atoms with Gasteiger partial charge in [0.1, 0.15) is 0 Å². The molecule has 0 amide bonds. The summed E-state index contributed by atoms with van der Waals surface area (Å²) in [4.78, 5) is 95.5. The number of hydrogen-bond acceptors (Lipinski definition) is 15. The van der Waals surface area contributed by atoms with E-state index in [0.717, 1.165) is 88.5 Å². The Morgan fingerprint density at radius 2 is 0.531 bits per heavy atom. The van der Waals surface area contributed by atoms with Gasteiger partial charge in [-0.25, -0.2) is 34.3 Å². The van der Waals surface area contributed by atoms with Gasteiger partial charge in [-0.1, -0.05) is 157 Å². The average Bonchev–Trinajstić information content (AvgIpc) is 1.53. The monoisotopic (exact) mass is 1440 g/mol. The molecule has 10 heterocycles. The van der Waals surface area contributed by atoms with Crippen molar-refractivity contribution in [2.24, 2.45) is 0 Å². The first kappa shape index (κ1) is 66.5. The molecule has 96 heavy (non-hydrogen) atoms. The third-order valence-electron chi connectivity index (χ3n) is 14.3. The van der Waals surface area contributed by atoms with Gasteiger partial charge in [-0.05, 0) is 119 Å². The molecular weight excluding hydrogens is 1390 g/mol. The van der Waals surface area contributed by atoms with E-state index in [9.17, 15) is 24.3 Å². The second kappa shape index (κ2) is 30.8. The van der Waals surface area contributed by atoms with E-state index in [4.69, 9.17) is 15.3 Å². The summed E-state index contributed by atoms with van der Waals surface area (Å²) in [6, 6.07) is 75.2. The van der Waals surface area contributed by atoms with E-state index in [1.54, 1.807) is 0 Å². The molecule has 6 aromatic carbocycles. The van der Waals surface area contributed by atoms with E-state index in [0.29, 0.717) is 23.0 Å². The molecule has 3 N–H and O–H groups in total. The molecule has 20 nitrogen and oxygen atoms in total. The van der Waals surface area contributed by atoms with Gasteiger partial charge < -0.3 is 45.2 Å². The number of para-hydroxylation sites is 8. The topological polar surface area (TPSA) is 309 Å². The zero-order valence-corrected chi connectivity index (χ0v) is 53.3. The van der Waals surface area contributed by atoms with Crippen LogP contribution in [0.15, 0.2) is 267 Å². The first-order valence-electron chi connectivity index (χ1n) is 28.9. The molecule has 0 spiro atoms. The fourth-order valence-corrected chi connectivity index (χ4v) is 9.66. The molecule has 22 heteroatoms. The summed E-state index contributed by atoms with van der Waals surface area (Å²) >= 11 is 0. The predicted molar refractivity (Wildman–Crippen MR) is 354 cm³/mol. The van der Waals surface area contributed by atoms with Gasteiger partial charge in [-0.2, -0.15) is 0 Å². The number of carboxylic acids is 4. The van der Waals surface area contributed by atoms with Crippen LogP contribution in [0.1, 0.15) is 41.4 Å². The quantitative estimate of drug-likeness (QED) is 0.113. The molecule has 0 saturated carbocycles. The number of aromatic carboxylic acids is 4. The van der Waals surface area contributed by atoms with Gasteiger partial charge in [0.25, 0.3) is 0 Å². The molecule has 0 unspecified atom stereocenters. The summed E-state index contributed by atoms with van der Waals surface area (Å²) in [5.74, 6) is -3.39. The maximum atomic E-state index is 10.8. The number of fused-ring (bicyclic) bond motifs is 6. The molecule has 2 radical (unpaired) electrons. The molecule has 16 aromatic rings. The fourth-order valence-electron chi connectivity index (χ4n) is 9.66. The molecule has 468 valence electrons. The summed E-state index contributed by atoms with van der Waals surface area (Å²) in [7, 11) is 0. The molecule has 0 atom stereocenters. The van der Waals surface area contributed by atoms with Gasteiger partial charge in [0.2, 0.25) is 0 Å². The minimum atomic E-state index is -1.33. The SMILES string of the molecule is O=C(O)c1ccnc(-c2cc(C(=O)O)ccn2)c1.O=C([O-])c1ccnc(-c2cc(C(=O)O)ccn2)c1.[Ru+].[Ru+].c1ccc2[n-]c(-c3nc4ccccc4[n-]3)nc2c1.c1ccc2nc(-c3ccc4ccccc4n3)ccc2c1.c1ccc2nc(-c3ccc4ccccc4n3)ccc2c1. The van der Waals surface area contributed by atoms with Crippen molar-refractivity contribution in [1.82, 2.24) is 59.8 Å². The molecule has 0 saturated heterocycles. The van der Waals surface area contributed by atoms with Gasteiger partial charge >= 0.3 is 56.9 Å². The minimum absolute atomic E-state index is 0. The van der Waals surface area contributed by atoms with Crippen LogP contribution in [-0.4, -0.2) is 89.0 Å². The number of benzene rings is 6. The van der Waals surface area contributed by atoms with E-state index in [-0.39, 0.29) is 72.6 Å². The Labute approximate surface area is 571 Å². The van der Waals surface area contributed by atoms with Crippen LogP contribution in [0.4, 0.5) is 0 Å². The van der Waals surface area contributed by atoms with Gasteiger partial charge in [0.05, 0.1) is 90.3 Å². The smallest absolute Gasteiger partial charge is 0.545 e. The first-order valence-corrected chi connectivity index (χ1v) is 28.9. The zero-order chi connectivity index (χ0) is 64.9. The normalized spacial score (nSPS) is 10.5. The molecule has 0 fully saturated rings. The Bertz CT molecular complexity index is 4830. The zero-order valence-electron chi connectivity index (χ0n) is 49.9. The number of nitrogens with zero attached hydrogens (tertiary/aromatic N) is 12. The van der Waals surface area contributed by atoms with Crippen LogP contribution in [0.25, 0.3) is 123 Å². The molecule has 0 aliphatic carbocycles. The molecule has 0 bridgehead atoms. The predicted octanol–water partition coefficient (Wildman–Crippen LogP) is 13.0. The molecule has 10 aromatic heterocycles. The van der Waals surface area contributed by atoms with Crippen molar-refractivity contribution in [1.29, 1.82) is 0 Å². The summed E-state index contributed by atoms with van der Waals surface area (Å²) < 4.78 is 0. The van der Waals surface area contributed by atoms with E-state index < -0.39 is 23.9 Å². The number of pyridine rings is 8. The maximum Gasteiger partial charge on any atom is 1.00 e. The summed E-state index contributed by atoms with van der Waals surface area (Å²) in [5, 5.41) is 41.9. The fraction of sp³-hybridized carbons (Fsp3) is 0. The largest absolute Gasteiger partial charge is 1.00 e. The molecular formula is C74H47N12O8Ru2-. The third-order valence-corrected chi connectivity index (χ3v) is 14.3. The van der Waals surface area contributed by atoms with E-state index >= 15 is 0 Å². The second-order valence-electron chi connectivity index (χ2n) is 20.6. The minimum Gasteiger partial charge on any atom is -0.545 e. The summed E-state index contributed by atoms with van der Waals surface area (Å²) in [5.41, 5.74) is 12.5. The molecule has 0 aliphatic heterocycles. The van der Waals surface area contributed by atoms with Crippen molar-refractivity contribution in [3.05, 3.63) is 290 Å². The van der Waals surface area contributed by atoms with Crippen molar-refractivity contribution in [2.45, 2.75) is 0 Å². The summed E-state index contributed by atoms with van der Waals surface area (Å²) in [6.07, 6.45) is 5.31. The standard InChI is InChI=1S/2C18H12N2.C14H8N4.2C12H8N2O4.2Ru/c2*1-3-7-15-13(5-1)9-11-17(19-15)18-12-10-14-6-2-4-8-16(14)20-18;1-2-6-10-9(5-1)15-13(16-10)14-17-11-7-3-4-8-12(11)18-14;2*15-11(16)7-1-3-13-9(5-7)10-6-8(12(17)18)2-4-14-10;;/h2*1-12H;1-8H;2*1-6H,(H,15,16)(H,17,18);;/q;;-2;;;2*+1/p-1. The van der Waals surface area contributed by atoms with Crippen LogP contribution in [0.5, 0.6) is 0 Å². The van der Waals surface area contributed by atoms with Crippen LogP contribution in [0.2, 0.25) is 0 Å². The second-order valence-corrected chi connectivity index (χ2v) is 20.6. The molecule has 16 rings (SSSR count). The van der Waals surface area contributed by atoms with E-state index in [1.165, 1.54) is 73.3 Å². The number of hydrogen-bond donors (Lipinski definition) is 3. The number of carbonyl (C=O) groups is 4. The number of rotatable bonds is 9.